The van der Waals surface area contributed by atoms with Crippen molar-refractivity contribution in [2.75, 3.05) is 0 Å². The maximum absolute atomic E-state index is 13.0. The zero-order valence-electron chi connectivity index (χ0n) is 13.4. The van der Waals surface area contributed by atoms with Crippen molar-refractivity contribution in [1.82, 2.24) is 15.3 Å². The van der Waals surface area contributed by atoms with Crippen molar-refractivity contribution in [1.29, 1.82) is 0 Å². The Bertz CT molecular complexity index is 789. The minimum atomic E-state index is -4.53. The van der Waals surface area contributed by atoms with Crippen LogP contribution in [0.5, 0.6) is 11.6 Å². The number of nitrogens with one attached hydrogen (secondary N) is 1. The third kappa shape index (κ3) is 4.46. The van der Waals surface area contributed by atoms with Crippen LogP contribution in [0.25, 0.3) is 0 Å². The molecule has 5 nitrogen and oxygen atoms in total. The lowest BCUT2D eigenvalue weighted by Gasteiger charge is -2.13. The molecule has 0 atom stereocenters. The average Bonchev–Trinajstić information content (AvgIpc) is 3.36. The average molecular weight is 351 g/mol. The molecule has 1 amide bonds. The predicted molar refractivity (Wildman–Crippen MR) is 82.9 cm³/mol. The predicted octanol–water partition coefficient (Wildman–Crippen LogP) is 3.62. The second-order valence-corrected chi connectivity index (χ2v) is 5.85. The van der Waals surface area contributed by atoms with Gasteiger partial charge in [0.15, 0.2) is 5.82 Å². The molecule has 1 heterocycles. The Morgan fingerprint density at radius 2 is 2.00 bits per heavy atom. The Labute approximate surface area is 142 Å². The van der Waals surface area contributed by atoms with E-state index in [1.807, 2.05) is 0 Å². The van der Waals surface area contributed by atoms with Gasteiger partial charge in [0.05, 0.1) is 12.1 Å². The lowest BCUT2D eigenvalue weighted by atomic mass is 10.2. The summed E-state index contributed by atoms with van der Waals surface area (Å²) in [6, 6.07) is 6.36. The van der Waals surface area contributed by atoms with E-state index < -0.39 is 11.7 Å². The zero-order valence-corrected chi connectivity index (χ0v) is 13.4. The van der Waals surface area contributed by atoms with Crippen LogP contribution in [0.15, 0.2) is 30.3 Å². The maximum Gasteiger partial charge on any atom is 0.419 e. The molecule has 3 rings (SSSR count). The summed E-state index contributed by atoms with van der Waals surface area (Å²) >= 11 is 0. The fourth-order valence-electron chi connectivity index (χ4n) is 2.29. The third-order valence-electron chi connectivity index (χ3n) is 3.65. The molecule has 1 saturated carbocycles. The van der Waals surface area contributed by atoms with E-state index in [1.54, 1.807) is 6.92 Å². The molecular formula is C17H16F3N3O2. The smallest absolute Gasteiger partial charge is 0.419 e. The molecule has 1 aliphatic rings. The zero-order chi connectivity index (χ0) is 18.0. The van der Waals surface area contributed by atoms with Crippen LogP contribution in [0, 0.1) is 12.8 Å². The van der Waals surface area contributed by atoms with Crippen LogP contribution in [0.2, 0.25) is 0 Å². The number of benzene rings is 1. The second-order valence-electron chi connectivity index (χ2n) is 5.85. The molecule has 0 aliphatic heterocycles. The molecule has 1 aromatic heterocycles. The SMILES string of the molecule is Cc1cc(Oc2ccccc2C(F)(F)F)nc(CNC(=O)C2CC2)n1. The van der Waals surface area contributed by atoms with Crippen LogP contribution < -0.4 is 10.1 Å². The van der Waals surface area contributed by atoms with Crippen molar-refractivity contribution in [3.8, 4) is 11.6 Å². The molecule has 0 unspecified atom stereocenters. The number of ether oxygens (including phenoxy) is 1. The van der Waals surface area contributed by atoms with Crippen molar-refractivity contribution in [3.05, 3.63) is 47.4 Å². The van der Waals surface area contributed by atoms with Gasteiger partial charge in [-0.25, -0.2) is 4.98 Å². The number of aromatic nitrogens is 2. The Hall–Kier alpha value is -2.64. The van der Waals surface area contributed by atoms with E-state index >= 15 is 0 Å². The number of aryl methyl sites for hydroxylation is 1. The van der Waals surface area contributed by atoms with Gasteiger partial charge in [-0.05, 0) is 31.9 Å². The first-order valence-corrected chi connectivity index (χ1v) is 7.79. The Morgan fingerprint density at radius 3 is 2.68 bits per heavy atom. The maximum atomic E-state index is 13.0. The van der Waals surface area contributed by atoms with Crippen LogP contribution in [-0.2, 0) is 17.5 Å². The van der Waals surface area contributed by atoms with E-state index in [4.69, 9.17) is 4.74 Å². The lowest BCUT2D eigenvalue weighted by Crippen LogP contribution is -2.25. The van der Waals surface area contributed by atoms with Crippen molar-refractivity contribution < 1.29 is 22.7 Å². The summed E-state index contributed by atoms with van der Waals surface area (Å²) in [4.78, 5) is 19.9. The molecule has 8 heteroatoms. The van der Waals surface area contributed by atoms with Gasteiger partial charge >= 0.3 is 6.18 Å². The summed E-state index contributed by atoms with van der Waals surface area (Å²) in [7, 11) is 0. The number of nitrogens with zero attached hydrogens (tertiary/aromatic N) is 2. The summed E-state index contributed by atoms with van der Waals surface area (Å²) in [5, 5.41) is 2.72. The minimum absolute atomic E-state index is 0.000120. The fourth-order valence-corrected chi connectivity index (χ4v) is 2.29. The minimum Gasteiger partial charge on any atom is -0.438 e. The monoisotopic (exact) mass is 351 g/mol. The van der Waals surface area contributed by atoms with Gasteiger partial charge in [0.2, 0.25) is 11.8 Å². The van der Waals surface area contributed by atoms with Gasteiger partial charge < -0.3 is 10.1 Å². The first kappa shape index (κ1) is 17.2. The van der Waals surface area contributed by atoms with Gasteiger partial charge in [0.25, 0.3) is 0 Å². The molecule has 1 fully saturated rings. The number of hydrogen-bond acceptors (Lipinski definition) is 4. The summed E-state index contributed by atoms with van der Waals surface area (Å²) in [6.45, 7) is 1.78. The van der Waals surface area contributed by atoms with Crippen molar-refractivity contribution in [2.45, 2.75) is 32.5 Å². The molecule has 0 radical (unpaired) electrons. The Kier molecular flexibility index (Phi) is 4.61. The third-order valence-corrected chi connectivity index (χ3v) is 3.65. The molecule has 0 spiro atoms. The number of carbonyl (C=O) groups excluding carboxylic acids is 1. The molecule has 132 valence electrons. The number of hydrogen-bond donors (Lipinski definition) is 1. The van der Waals surface area contributed by atoms with E-state index in [2.05, 4.69) is 15.3 Å². The summed E-state index contributed by atoms with van der Waals surface area (Å²) in [6.07, 6.45) is -2.77. The van der Waals surface area contributed by atoms with E-state index in [0.29, 0.717) is 5.69 Å². The highest BCUT2D eigenvalue weighted by Gasteiger charge is 2.34. The summed E-state index contributed by atoms with van der Waals surface area (Å²) < 4.78 is 44.5. The largest absolute Gasteiger partial charge is 0.438 e. The molecule has 25 heavy (non-hydrogen) atoms. The summed E-state index contributed by atoms with van der Waals surface area (Å²) in [5.74, 6) is -0.0522. The number of amides is 1. The molecular weight excluding hydrogens is 335 g/mol. The van der Waals surface area contributed by atoms with Gasteiger partial charge in [-0.1, -0.05) is 12.1 Å². The second kappa shape index (κ2) is 6.70. The Balaban J connectivity index is 1.78. The molecule has 2 aromatic rings. The first-order valence-electron chi connectivity index (χ1n) is 7.79. The van der Waals surface area contributed by atoms with Crippen molar-refractivity contribution in [3.63, 3.8) is 0 Å². The van der Waals surface area contributed by atoms with Crippen molar-refractivity contribution >= 4 is 5.91 Å². The molecule has 1 N–H and O–H groups in total. The highest BCUT2D eigenvalue weighted by Crippen LogP contribution is 2.37. The number of alkyl halides is 3. The van der Waals surface area contributed by atoms with E-state index in [1.165, 1.54) is 24.3 Å². The van der Waals surface area contributed by atoms with Gasteiger partial charge in [-0.3, -0.25) is 4.79 Å². The van der Waals surface area contributed by atoms with Gasteiger partial charge in [0.1, 0.15) is 5.75 Å². The Morgan fingerprint density at radius 1 is 1.28 bits per heavy atom. The number of carbonyl (C=O) groups is 1. The van der Waals surface area contributed by atoms with Crippen LogP contribution in [0.3, 0.4) is 0 Å². The standard InChI is InChI=1S/C17H16F3N3O2/c1-10-8-15(23-14(22-10)9-21-16(24)11-6-7-11)25-13-5-3-2-4-12(13)17(18,19)20/h2-5,8,11H,6-7,9H2,1H3,(H,21,24). The normalized spacial score (nSPS) is 14.2. The van der Waals surface area contributed by atoms with Gasteiger partial charge in [-0.2, -0.15) is 18.2 Å². The van der Waals surface area contributed by atoms with Gasteiger partial charge in [0, 0.05) is 17.7 Å². The van der Waals surface area contributed by atoms with E-state index in [-0.39, 0.29) is 35.8 Å². The fraction of sp³-hybridized carbons (Fsp3) is 0.353. The quantitative estimate of drug-likeness (QED) is 0.894. The molecule has 0 bridgehead atoms. The van der Waals surface area contributed by atoms with Gasteiger partial charge in [-0.15, -0.1) is 0 Å². The van der Waals surface area contributed by atoms with Crippen LogP contribution in [-0.4, -0.2) is 15.9 Å². The number of rotatable bonds is 5. The highest BCUT2D eigenvalue weighted by molar-refractivity contribution is 5.80. The highest BCUT2D eigenvalue weighted by atomic mass is 19.4. The topological polar surface area (TPSA) is 64.1 Å². The van der Waals surface area contributed by atoms with Crippen molar-refractivity contribution in [2.24, 2.45) is 5.92 Å². The van der Waals surface area contributed by atoms with Crippen LogP contribution in [0.1, 0.15) is 29.9 Å². The number of para-hydroxylation sites is 1. The lowest BCUT2D eigenvalue weighted by molar-refractivity contribution is -0.138. The molecule has 1 aliphatic carbocycles. The molecule has 0 saturated heterocycles. The van der Waals surface area contributed by atoms with Crippen LogP contribution in [0.4, 0.5) is 13.2 Å². The first-order chi connectivity index (χ1) is 11.8. The van der Waals surface area contributed by atoms with E-state index in [0.717, 1.165) is 18.9 Å². The molecule has 1 aromatic carbocycles. The van der Waals surface area contributed by atoms with Crippen LogP contribution >= 0.6 is 0 Å². The number of halogens is 3. The van der Waals surface area contributed by atoms with E-state index in [9.17, 15) is 18.0 Å². The summed E-state index contributed by atoms with van der Waals surface area (Å²) in [5.41, 5.74) is -0.347.